The first-order valence-corrected chi connectivity index (χ1v) is 6.54. The number of aromatic nitrogens is 1. The third-order valence-corrected chi connectivity index (χ3v) is 4.00. The van der Waals surface area contributed by atoms with Gasteiger partial charge in [-0.05, 0) is 12.8 Å². The predicted molar refractivity (Wildman–Crippen MR) is 64.2 cm³/mol. The molecule has 0 aliphatic heterocycles. The molecule has 1 heterocycles. The van der Waals surface area contributed by atoms with Crippen LogP contribution in [0.25, 0.3) is 0 Å². The summed E-state index contributed by atoms with van der Waals surface area (Å²) in [6, 6.07) is 0.766. The van der Waals surface area contributed by atoms with Gasteiger partial charge in [-0.15, -0.1) is 11.3 Å². The number of thiazole rings is 1. The van der Waals surface area contributed by atoms with Crippen molar-refractivity contribution >= 4 is 22.9 Å². The van der Waals surface area contributed by atoms with E-state index in [2.05, 4.69) is 10.3 Å². The first kappa shape index (κ1) is 11.3. The van der Waals surface area contributed by atoms with Crippen LogP contribution in [0.4, 0.5) is 0 Å². The first-order chi connectivity index (χ1) is 7.25. The molecular formula is C10H16ClN3S. The zero-order valence-electron chi connectivity index (χ0n) is 8.58. The van der Waals surface area contributed by atoms with E-state index in [1.165, 1.54) is 35.5 Å². The molecular weight excluding hydrogens is 230 g/mol. The normalized spacial score (nSPS) is 26.8. The van der Waals surface area contributed by atoms with Crippen molar-refractivity contribution in [3.63, 3.8) is 0 Å². The summed E-state index contributed by atoms with van der Waals surface area (Å²) in [7, 11) is 0. The number of nitrogens with two attached hydrogens (primary N) is 1. The van der Waals surface area contributed by atoms with Crippen LogP contribution in [0.3, 0.4) is 0 Å². The van der Waals surface area contributed by atoms with Crippen molar-refractivity contribution in [1.82, 2.24) is 10.3 Å². The van der Waals surface area contributed by atoms with Gasteiger partial charge in [0.05, 0.1) is 0 Å². The van der Waals surface area contributed by atoms with Gasteiger partial charge in [0.2, 0.25) is 0 Å². The monoisotopic (exact) mass is 245 g/mol. The van der Waals surface area contributed by atoms with Crippen molar-refractivity contribution in [3.8, 4) is 0 Å². The molecule has 0 saturated heterocycles. The first-order valence-electron chi connectivity index (χ1n) is 5.35. The minimum atomic E-state index is 0.308. The molecule has 0 bridgehead atoms. The van der Waals surface area contributed by atoms with Crippen molar-refractivity contribution in [1.29, 1.82) is 0 Å². The van der Waals surface area contributed by atoms with Crippen LogP contribution < -0.4 is 11.1 Å². The molecule has 0 amide bonds. The lowest BCUT2D eigenvalue weighted by Gasteiger charge is -2.29. The standard InChI is InChI=1S/C10H16ClN3S/c11-10-14-6-7(15-10)5-13-9-4-2-1-3-8(9)12/h6,8-9,13H,1-5,12H2/t8-,9+/m1/s1. The number of rotatable bonds is 3. The highest BCUT2D eigenvalue weighted by molar-refractivity contribution is 7.15. The second-order valence-electron chi connectivity index (χ2n) is 4.02. The van der Waals surface area contributed by atoms with Crippen molar-refractivity contribution in [3.05, 3.63) is 15.5 Å². The van der Waals surface area contributed by atoms with Crippen molar-refractivity contribution in [2.75, 3.05) is 0 Å². The van der Waals surface area contributed by atoms with Crippen LogP contribution >= 0.6 is 22.9 Å². The Labute approximate surface area is 99.0 Å². The molecule has 1 saturated carbocycles. The Morgan fingerprint density at radius 3 is 3.00 bits per heavy atom. The molecule has 0 unspecified atom stereocenters. The molecule has 1 aromatic rings. The molecule has 1 aliphatic rings. The van der Waals surface area contributed by atoms with Crippen LogP contribution in [-0.2, 0) is 6.54 Å². The minimum Gasteiger partial charge on any atom is -0.326 e. The van der Waals surface area contributed by atoms with Gasteiger partial charge in [0.1, 0.15) is 0 Å². The van der Waals surface area contributed by atoms with Crippen LogP contribution in [0.1, 0.15) is 30.6 Å². The number of hydrogen-bond donors (Lipinski definition) is 2. The second-order valence-corrected chi connectivity index (χ2v) is 5.71. The van der Waals surface area contributed by atoms with E-state index in [1.807, 2.05) is 6.20 Å². The molecule has 1 fully saturated rings. The summed E-state index contributed by atoms with van der Waals surface area (Å²) in [5.41, 5.74) is 6.05. The van der Waals surface area contributed by atoms with E-state index in [1.54, 1.807) is 0 Å². The van der Waals surface area contributed by atoms with Crippen molar-refractivity contribution < 1.29 is 0 Å². The summed E-state index contributed by atoms with van der Waals surface area (Å²) < 4.78 is 0.611. The number of nitrogens with zero attached hydrogens (tertiary/aromatic N) is 1. The molecule has 0 radical (unpaired) electrons. The highest BCUT2D eigenvalue weighted by Crippen LogP contribution is 2.20. The molecule has 1 aromatic heterocycles. The summed E-state index contributed by atoms with van der Waals surface area (Å²) in [4.78, 5) is 5.19. The lowest BCUT2D eigenvalue weighted by Crippen LogP contribution is -2.46. The third kappa shape index (κ3) is 3.14. The summed E-state index contributed by atoms with van der Waals surface area (Å²) in [6.45, 7) is 0.836. The predicted octanol–water partition coefficient (Wildman–Crippen LogP) is 2.16. The summed E-state index contributed by atoms with van der Waals surface area (Å²) >= 11 is 7.29. The van der Waals surface area contributed by atoms with E-state index < -0.39 is 0 Å². The fourth-order valence-corrected chi connectivity index (χ4v) is 2.94. The number of nitrogens with one attached hydrogen (secondary N) is 1. The molecule has 15 heavy (non-hydrogen) atoms. The van der Waals surface area contributed by atoms with Gasteiger partial charge in [-0.3, -0.25) is 0 Å². The highest BCUT2D eigenvalue weighted by atomic mass is 35.5. The third-order valence-electron chi connectivity index (χ3n) is 2.88. The topological polar surface area (TPSA) is 50.9 Å². The lowest BCUT2D eigenvalue weighted by molar-refractivity contribution is 0.327. The van der Waals surface area contributed by atoms with Gasteiger partial charge >= 0.3 is 0 Å². The maximum absolute atomic E-state index is 6.05. The average molecular weight is 246 g/mol. The highest BCUT2D eigenvalue weighted by Gasteiger charge is 2.20. The van der Waals surface area contributed by atoms with Crippen LogP contribution in [0.2, 0.25) is 4.47 Å². The molecule has 84 valence electrons. The van der Waals surface area contributed by atoms with E-state index in [4.69, 9.17) is 17.3 Å². The molecule has 1 aliphatic carbocycles. The largest absolute Gasteiger partial charge is 0.326 e. The Hall–Kier alpha value is -0.160. The van der Waals surface area contributed by atoms with Gasteiger partial charge < -0.3 is 11.1 Å². The molecule has 5 heteroatoms. The maximum atomic E-state index is 6.05. The Balaban J connectivity index is 1.81. The lowest BCUT2D eigenvalue weighted by atomic mass is 9.91. The van der Waals surface area contributed by atoms with E-state index in [0.29, 0.717) is 16.6 Å². The summed E-state index contributed by atoms with van der Waals surface area (Å²) in [6.07, 6.45) is 6.71. The quantitative estimate of drug-likeness (QED) is 0.858. The van der Waals surface area contributed by atoms with Crippen LogP contribution in [-0.4, -0.2) is 17.1 Å². The minimum absolute atomic E-state index is 0.308. The van der Waals surface area contributed by atoms with Crippen molar-refractivity contribution in [2.45, 2.75) is 44.3 Å². The van der Waals surface area contributed by atoms with Gasteiger partial charge in [-0.25, -0.2) is 4.98 Å². The molecule has 0 spiro atoms. The molecule has 2 rings (SSSR count). The van der Waals surface area contributed by atoms with Crippen LogP contribution in [0.15, 0.2) is 6.20 Å². The fraction of sp³-hybridized carbons (Fsp3) is 0.700. The summed E-state index contributed by atoms with van der Waals surface area (Å²) in [5.74, 6) is 0. The zero-order valence-corrected chi connectivity index (χ0v) is 10.2. The van der Waals surface area contributed by atoms with Crippen molar-refractivity contribution in [2.24, 2.45) is 5.73 Å². The van der Waals surface area contributed by atoms with E-state index in [9.17, 15) is 0 Å². The smallest absolute Gasteiger partial charge is 0.183 e. The Kier molecular flexibility index (Phi) is 3.97. The van der Waals surface area contributed by atoms with Gasteiger partial charge in [0.25, 0.3) is 0 Å². The Morgan fingerprint density at radius 2 is 2.33 bits per heavy atom. The van der Waals surface area contributed by atoms with E-state index in [-0.39, 0.29) is 0 Å². The van der Waals surface area contributed by atoms with Gasteiger partial charge in [-0.2, -0.15) is 0 Å². The van der Waals surface area contributed by atoms with E-state index >= 15 is 0 Å². The molecule has 2 atom stereocenters. The Morgan fingerprint density at radius 1 is 1.53 bits per heavy atom. The van der Waals surface area contributed by atoms with E-state index in [0.717, 1.165) is 13.0 Å². The average Bonchev–Trinajstić information content (AvgIpc) is 2.63. The van der Waals surface area contributed by atoms with Gasteiger partial charge in [0.15, 0.2) is 4.47 Å². The summed E-state index contributed by atoms with van der Waals surface area (Å²) in [5, 5.41) is 3.49. The van der Waals surface area contributed by atoms with Crippen LogP contribution in [0.5, 0.6) is 0 Å². The second kappa shape index (κ2) is 5.25. The number of halogens is 1. The molecule has 3 N–H and O–H groups in total. The Bertz CT molecular complexity index is 315. The maximum Gasteiger partial charge on any atom is 0.183 e. The zero-order chi connectivity index (χ0) is 10.7. The van der Waals surface area contributed by atoms with Gasteiger partial charge in [0, 0.05) is 29.7 Å². The van der Waals surface area contributed by atoms with Gasteiger partial charge in [-0.1, -0.05) is 24.4 Å². The van der Waals surface area contributed by atoms with Crippen LogP contribution in [0, 0.1) is 0 Å². The molecule has 0 aromatic carbocycles. The number of hydrogen-bond acceptors (Lipinski definition) is 4. The molecule has 3 nitrogen and oxygen atoms in total. The SMILES string of the molecule is N[C@@H]1CCCC[C@@H]1NCc1cnc(Cl)s1. The fourth-order valence-electron chi connectivity index (χ4n) is 2.01.